The number of nitrogens with zero attached hydrogens (tertiary/aromatic N) is 2. The van der Waals surface area contributed by atoms with Crippen molar-refractivity contribution < 1.29 is 20.1 Å². The van der Waals surface area contributed by atoms with Crippen LogP contribution in [0.25, 0.3) is 44.8 Å². The van der Waals surface area contributed by atoms with Gasteiger partial charge in [0.2, 0.25) is 0 Å². The second-order valence-corrected chi connectivity index (χ2v) is 15.6. The second kappa shape index (κ2) is 21.9. The molecule has 0 saturated heterocycles. The number of aromatic nitrogens is 2. The van der Waals surface area contributed by atoms with E-state index in [2.05, 4.69) is 117 Å². The van der Waals surface area contributed by atoms with Crippen LogP contribution in [0.2, 0.25) is 0 Å². The first-order chi connectivity index (χ1) is 27.0. The van der Waals surface area contributed by atoms with Crippen molar-refractivity contribution >= 4 is 0 Å². The minimum atomic E-state index is 0. The zero-order valence-corrected chi connectivity index (χ0v) is 36.6. The van der Waals surface area contributed by atoms with Crippen LogP contribution in [0.5, 0.6) is 0 Å². The normalized spacial score (nSPS) is 12.2. The maximum atomic E-state index is 4.62. The third-order valence-electron chi connectivity index (χ3n) is 11.4. The third kappa shape index (κ3) is 11.0. The molecule has 6 aromatic rings. The topological polar surface area (TPSA) is 25.8 Å². The van der Waals surface area contributed by atoms with Crippen molar-refractivity contribution in [1.82, 2.24) is 9.97 Å². The van der Waals surface area contributed by atoms with Crippen molar-refractivity contribution in [2.24, 2.45) is 0 Å². The van der Waals surface area contributed by atoms with E-state index < -0.39 is 0 Å². The fourth-order valence-electron chi connectivity index (χ4n) is 8.33. The van der Waals surface area contributed by atoms with E-state index >= 15 is 0 Å². The fourth-order valence-corrected chi connectivity index (χ4v) is 8.33. The summed E-state index contributed by atoms with van der Waals surface area (Å²) in [6.45, 7) is 8.98. The van der Waals surface area contributed by atoms with Crippen LogP contribution in [0, 0.1) is 26.0 Å². The fraction of sp³-hybridized carbons (Fsp3) is 0.358. The molecule has 0 bridgehead atoms. The Labute approximate surface area is 352 Å². The summed E-state index contributed by atoms with van der Waals surface area (Å²) in [5.74, 6) is 0. The van der Waals surface area contributed by atoms with Gasteiger partial charge in [0, 0.05) is 37.9 Å². The molecule has 2 nitrogen and oxygen atoms in total. The number of hydrogen-bond acceptors (Lipinski definition) is 2. The van der Waals surface area contributed by atoms with Crippen molar-refractivity contribution in [3.8, 4) is 44.8 Å². The van der Waals surface area contributed by atoms with Crippen molar-refractivity contribution in [1.29, 1.82) is 0 Å². The van der Waals surface area contributed by atoms with Crippen molar-refractivity contribution in [2.45, 2.75) is 123 Å². The molecule has 1 aliphatic rings. The quantitative estimate of drug-likeness (QED) is 0.0673. The van der Waals surface area contributed by atoms with Crippen LogP contribution < -0.4 is 0 Å². The Morgan fingerprint density at radius 1 is 0.518 bits per heavy atom. The maximum Gasteiger partial charge on any atom is 0.0215 e. The Morgan fingerprint density at radius 2 is 1.12 bits per heavy atom. The maximum absolute atomic E-state index is 4.62. The monoisotopic (exact) mass is 917 g/mol. The molecule has 0 fully saturated rings. The molecule has 293 valence electrons. The average molecular weight is 917 g/mol. The first kappa shape index (κ1) is 43.0. The molecular weight excluding hydrogens is 857 g/mol. The smallest absolute Gasteiger partial charge is 0.0215 e. The molecule has 0 atom stereocenters. The molecule has 0 aliphatic heterocycles. The Balaban J connectivity index is 0.000000391. The molecule has 2 aromatic heterocycles. The van der Waals surface area contributed by atoms with Crippen LogP contribution in [-0.4, -0.2) is 9.97 Å². The number of unbranched alkanes of at least 4 members (excludes halogenated alkanes) is 10. The first-order valence-electron chi connectivity index (χ1n) is 21.1. The molecular formula is C53H60IrN2-2. The second-order valence-electron chi connectivity index (χ2n) is 15.6. The average Bonchev–Trinajstić information content (AvgIpc) is 3.49. The largest absolute Gasteiger partial charge is 0.305 e. The standard InChI is InChI=1S/C42H52N.C11H8N.Ir/c1-5-7-9-11-13-15-27-42(28-16-14-12-10-8-6-2)39-29-32(3)17-24-37(39)38-25-23-36(30-40(38)42)34-19-21-35(22-20-34)41-26-18-33(4)31-43-41;1-2-6-10(7-3-1)11-8-4-5-9-12-11;/h17-21,23-26,29-31H,5-16,27-28H2,1-4H3;1-6,8-9H;/q2*-1;. The van der Waals surface area contributed by atoms with E-state index in [1.807, 2.05) is 48.7 Å². The van der Waals surface area contributed by atoms with Gasteiger partial charge in [0.15, 0.2) is 0 Å². The van der Waals surface area contributed by atoms with E-state index in [4.69, 9.17) is 0 Å². The van der Waals surface area contributed by atoms with Crippen LogP contribution in [0.3, 0.4) is 0 Å². The van der Waals surface area contributed by atoms with E-state index in [-0.39, 0.29) is 25.5 Å². The molecule has 0 unspecified atom stereocenters. The SMILES string of the molecule is CCCCCCCCC1(CCCCCCCC)c2cc(C)ccc2-c2ccc(-c3c[c-]c(-c4ccc(C)cn4)cc3)cc21.[Ir].[c-]1ccccc1-c1ccccn1. The van der Waals surface area contributed by atoms with Gasteiger partial charge in [-0.05, 0) is 72.0 Å². The van der Waals surface area contributed by atoms with E-state index in [1.165, 1.54) is 123 Å². The zero-order chi connectivity index (χ0) is 38.3. The number of aryl methyl sites for hydroxylation is 2. The number of benzene rings is 4. The van der Waals surface area contributed by atoms with Gasteiger partial charge < -0.3 is 9.97 Å². The Kier molecular flexibility index (Phi) is 16.8. The van der Waals surface area contributed by atoms with Gasteiger partial charge in [-0.3, -0.25) is 0 Å². The van der Waals surface area contributed by atoms with Crippen molar-refractivity contribution in [3.63, 3.8) is 0 Å². The summed E-state index contributed by atoms with van der Waals surface area (Å²) < 4.78 is 0. The molecule has 0 N–H and O–H groups in total. The summed E-state index contributed by atoms with van der Waals surface area (Å²) in [5, 5.41) is 0. The predicted molar refractivity (Wildman–Crippen MR) is 234 cm³/mol. The number of pyridine rings is 2. The molecule has 3 heteroatoms. The van der Waals surface area contributed by atoms with Crippen molar-refractivity contribution in [3.05, 3.63) is 156 Å². The summed E-state index contributed by atoms with van der Waals surface area (Å²) in [6.07, 6.45) is 22.4. The van der Waals surface area contributed by atoms with E-state index in [0.717, 1.165) is 22.5 Å². The van der Waals surface area contributed by atoms with Gasteiger partial charge in [0.25, 0.3) is 0 Å². The van der Waals surface area contributed by atoms with Gasteiger partial charge >= 0.3 is 0 Å². The first-order valence-corrected chi connectivity index (χ1v) is 21.1. The molecule has 1 radical (unpaired) electrons. The molecule has 2 heterocycles. The van der Waals surface area contributed by atoms with Crippen LogP contribution in [0.1, 0.15) is 126 Å². The molecule has 4 aromatic carbocycles. The summed E-state index contributed by atoms with van der Waals surface area (Å²) in [6, 6.07) is 45.7. The van der Waals surface area contributed by atoms with E-state index in [0.29, 0.717) is 0 Å². The van der Waals surface area contributed by atoms with Gasteiger partial charge in [0.1, 0.15) is 0 Å². The number of rotatable bonds is 17. The minimum absolute atomic E-state index is 0. The molecule has 0 amide bonds. The Bertz CT molecular complexity index is 1980. The van der Waals surface area contributed by atoms with Gasteiger partial charge in [-0.2, -0.15) is 0 Å². The van der Waals surface area contributed by atoms with Crippen LogP contribution in [-0.2, 0) is 25.5 Å². The summed E-state index contributed by atoms with van der Waals surface area (Å²) in [7, 11) is 0. The van der Waals surface area contributed by atoms with Crippen LogP contribution >= 0.6 is 0 Å². The third-order valence-corrected chi connectivity index (χ3v) is 11.4. The zero-order valence-electron chi connectivity index (χ0n) is 34.2. The molecule has 0 spiro atoms. The van der Waals surface area contributed by atoms with Gasteiger partial charge in [-0.1, -0.05) is 168 Å². The number of fused-ring (bicyclic) bond motifs is 3. The van der Waals surface area contributed by atoms with Crippen LogP contribution in [0.4, 0.5) is 0 Å². The summed E-state index contributed by atoms with van der Waals surface area (Å²) in [5.41, 5.74) is 15.3. The number of hydrogen-bond donors (Lipinski definition) is 0. The minimum Gasteiger partial charge on any atom is -0.305 e. The Morgan fingerprint density at radius 3 is 1.73 bits per heavy atom. The summed E-state index contributed by atoms with van der Waals surface area (Å²) >= 11 is 0. The predicted octanol–water partition coefficient (Wildman–Crippen LogP) is 15.1. The van der Waals surface area contributed by atoms with Gasteiger partial charge in [-0.25, -0.2) is 0 Å². The molecule has 7 rings (SSSR count). The van der Waals surface area contributed by atoms with E-state index in [1.54, 1.807) is 17.3 Å². The molecule has 1 aliphatic carbocycles. The van der Waals surface area contributed by atoms with Gasteiger partial charge in [0.05, 0.1) is 0 Å². The van der Waals surface area contributed by atoms with E-state index in [9.17, 15) is 0 Å². The Hall–Kier alpha value is -4.17. The van der Waals surface area contributed by atoms with Crippen molar-refractivity contribution in [2.75, 3.05) is 0 Å². The molecule has 0 saturated carbocycles. The molecule has 56 heavy (non-hydrogen) atoms. The van der Waals surface area contributed by atoms with Gasteiger partial charge in [-0.15, -0.1) is 65.7 Å². The summed E-state index contributed by atoms with van der Waals surface area (Å²) in [4.78, 5) is 8.84. The van der Waals surface area contributed by atoms with Crippen LogP contribution in [0.15, 0.2) is 122 Å².